The topological polar surface area (TPSA) is 29.0 Å². The normalized spacial score (nSPS) is 21.6. The molecule has 2 heterocycles. The van der Waals surface area contributed by atoms with E-state index >= 15 is 0 Å². The van der Waals surface area contributed by atoms with E-state index < -0.39 is 0 Å². The van der Waals surface area contributed by atoms with Crippen LogP contribution in [0.5, 0.6) is 0 Å². The van der Waals surface area contributed by atoms with Crippen molar-refractivity contribution in [3.8, 4) is 0 Å². The lowest BCUT2D eigenvalue weighted by Gasteiger charge is -2.22. The molecule has 3 nitrogen and oxygen atoms in total. The Kier molecular flexibility index (Phi) is 2.79. The molecule has 1 atom stereocenters. The molecule has 0 aromatic carbocycles. The Morgan fingerprint density at radius 2 is 2.21 bits per heavy atom. The van der Waals surface area contributed by atoms with Gasteiger partial charge in [-0.25, -0.2) is 9.97 Å². The highest BCUT2D eigenvalue weighted by Gasteiger charge is 2.22. The number of anilines is 1. The molecule has 0 spiro atoms. The van der Waals surface area contributed by atoms with Gasteiger partial charge in [-0.2, -0.15) is 0 Å². The zero-order valence-corrected chi connectivity index (χ0v) is 9.39. The van der Waals surface area contributed by atoms with Crippen LogP contribution in [0.2, 0.25) is 10.4 Å². The minimum Gasteiger partial charge on any atom is -0.354 e. The summed E-state index contributed by atoms with van der Waals surface area (Å²) < 4.78 is 0. The maximum atomic E-state index is 5.81. The van der Waals surface area contributed by atoms with Crippen LogP contribution in [0.25, 0.3) is 0 Å². The van der Waals surface area contributed by atoms with E-state index in [9.17, 15) is 0 Å². The van der Waals surface area contributed by atoms with E-state index in [1.807, 2.05) is 0 Å². The van der Waals surface area contributed by atoms with Crippen molar-refractivity contribution in [1.29, 1.82) is 0 Å². The Morgan fingerprint density at radius 3 is 2.79 bits per heavy atom. The highest BCUT2D eigenvalue weighted by molar-refractivity contribution is 6.32. The maximum absolute atomic E-state index is 5.81. The zero-order valence-electron chi connectivity index (χ0n) is 7.87. The Hall–Kier alpha value is -0.540. The molecule has 5 heteroatoms. The summed E-state index contributed by atoms with van der Waals surface area (Å²) in [7, 11) is 0. The molecular formula is C9H11Cl2N3. The third kappa shape index (κ3) is 1.93. The highest BCUT2D eigenvalue weighted by Crippen LogP contribution is 2.25. The number of aromatic nitrogens is 2. The lowest BCUT2D eigenvalue weighted by atomic mass is 10.2. The molecule has 76 valence electrons. The molecule has 0 unspecified atom stereocenters. The zero-order chi connectivity index (χ0) is 10.1. The van der Waals surface area contributed by atoms with Gasteiger partial charge in [-0.3, -0.25) is 0 Å². The van der Waals surface area contributed by atoms with Gasteiger partial charge in [0, 0.05) is 18.7 Å². The number of rotatable bonds is 1. The van der Waals surface area contributed by atoms with E-state index in [2.05, 4.69) is 21.8 Å². The molecule has 0 amide bonds. The van der Waals surface area contributed by atoms with Gasteiger partial charge in [0.2, 0.25) is 5.28 Å². The van der Waals surface area contributed by atoms with Crippen LogP contribution in [0.3, 0.4) is 0 Å². The van der Waals surface area contributed by atoms with Gasteiger partial charge in [0.15, 0.2) is 0 Å². The molecule has 0 N–H and O–H groups in total. The summed E-state index contributed by atoms with van der Waals surface area (Å²) in [4.78, 5) is 10.2. The molecule has 0 radical (unpaired) electrons. The fraction of sp³-hybridized carbons (Fsp3) is 0.556. The molecule has 1 saturated heterocycles. The molecule has 0 saturated carbocycles. The second-order valence-electron chi connectivity index (χ2n) is 3.50. The van der Waals surface area contributed by atoms with Gasteiger partial charge in [-0.15, -0.1) is 0 Å². The number of hydrogen-bond donors (Lipinski definition) is 0. The van der Waals surface area contributed by atoms with E-state index in [0.717, 1.165) is 12.4 Å². The quantitative estimate of drug-likeness (QED) is 0.550. The average molecular weight is 232 g/mol. The van der Waals surface area contributed by atoms with E-state index in [1.165, 1.54) is 12.8 Å². The van der Waals surface area contributed by atoms with Gasteiger partial charge in [0.1, 0.15) is 11.0 Å². The molecule has 14 heavy (non-hydrogen) atoms. The smallest absolute Gasteiger partial charge is 0.225 e. The fourth-order valence-corrected chi connectivity index (χ4v) is 2.20. The Balaban J connectivity index is 2.31. The standard InChI is InChI=1S/C9H11Cl2N3/c1-6-3-2-4-14(6)8-5-7(10)12-9(11)13-8/h5-6H,2-4H2,1H3/t6-/m0/s1. The molecule has 1 fully saturated rings. The van der Waals surface area contributed by atoms with Crippen LogP contribution in [0, 0.1) is 0 Å². The SMILES string of the molecule is C[C@H]1CCCN1c1cc(Cl)nc(Cl)n1. The van der Waals surface area contributed by atoms with Crippen molar-refractivity contribution in [2.45, 2.75) is 25.8 Å². The largest absolute Gasteiger partial charge is 0.354 e. The molecule has 0 aliphatic carbocycles. The monoisotopic (exact) mass is 231 g/mol. The Labute approximate surface area is 93.1 Å². The van der Waals surface area contributed by atoms with Crippen molar-refractivity contribution < 1.29 is 0 Å². The van der Waals surface area contributed by atoms with Gasteiger partial charge < -0.3 is 4.90 Å². The summed E-state index contributed by atoms with van der Waals surface area (Å²) in [5.74, 6) is 0.833. The summed E-state index contributed by atoms with van der Waals surface area (Å²) in [6.07, 6.45) is 2.39. The lowest BCUT2D eigenvalue weighted by Crippen LogP contribution is -2.27. The first kappa shape index (κ1) is 9.99. The first-order valence-corrected chi connectivity index (χ1v) is 5.39. The van der Waals surface area contributed by atoms with Crippen molar-refractivity contribution in [2.24, 2.45) is 0 Å². The molecular weight excluding hydrogens is 221 g/mol. The Morgan fingerprint density at radius 1 is 1.43 bits per heavy atom. The summed E-state index contributed by atoms with van der Waals surface area (Å²) >= 11 is 11.6. The van der Waals surface area contributed by atoms with Crippen LogP contribution in [0.4, 0.5) is 5.82 Å². The molecule has 1 aliphatic rings. The molecule has 1 aromatic heterocycles. The van der Waals surface area contributed by atoms with Crippen molar-refractivity contribution >= 4 is 29.0 Å². The molecule has 2 rings (SSSR count). The predicted molar refractivity (Wildman–Crippen MR) is 58.1 cm³/mol. The van der Waals surface area contributed by atoms with Crippen LogP contribution in [-0.2, 0) is 0 Å². The summed E-state index contributed by atoms with van der Waals surface area (Å²) in [5, 5.41) is 0.616. The van der Waals surface area contributed by atoms with E-state index in [1.54, 1.807) is 6.07 Å². The van der Waals surface area contributed by atoms with E-state index in [-0.39, 0.29) is 5.28 Å². The number of halogens is 2. The van der Waals surface area contributed by atoms with Crippen molar-refractivity contribution in [1.82, 2.24) is 9.97 Å². The first-order valence-electron chi connectivity index (χ1n) is 4.63. The van der Waals surface area contributed by atoms with Crippen molar-refractivity contribution in [3.63, 3.8) is 0 Å². The van der Waals surface area contributed by atoms with Gasteiger partial charge in [-0.1, -0.05) is 11.6 Å². The van der Waals surface area contributed by atoms with E-state index in [0.29, 0.717) is 11.2 Å². The molecule has 0 bridgehead atoms. The number of nitrogens with zero attached hydrogens (tertiary/aromatic N) is 3. The minimum absolute atomic E-state index is 0.214. The number of hydrogen-bond acceptors (Lipinski definition) is 3. The van der Waals surface area contributed by atoms with Crippen LogP contribution in [0.1, 0.15) is 19.8 Å². The average Bonchev–Trinajstić information content (AvgIpc) is 2.49. The molecule has 1 aliphatic heterocycles. The second-order valence-corrected chi connectivity index (χ2v) is 4.23. The van der Waals surface area contributed by atoms with E-state index in [4.69, 9.17) is 23.2 Å². The second kappa shape index (κ2) is 3.91. The van der Waals surface area contributed by atoms with Crippen LogP contribution in [-0.4, -0.2) is 22.6 Å². The van der Waals surface area contributed by atoms with Crippen LogP contribution in [0.15, 0.2) is 6.07 Å². The summed E-state index contributed by atoms with van der Waals surface area (Å²) in [6, 6.07) is 2.27. The van der Waals surface area contributed by atoms with Gasteiger partial charge in [0.25, 0.3) is 0 Å². The maximum Gasteiger partial charge on any atom is 0.225 e. The van der Waals surface area contributed by atoms with Gasteiger partial charge in [-0.05, 0) is 31.4 Å². The van der Waals surface area contributed by atoms with Crippen molar-refractivity contribution in [2.75, 3.05) is 11.4 Å². The highest BCUT2D eigenvalue weighted by atomic mass is 35.5. The van der Waals surface area contributed by atoms with Crippen LogP contribution < -0.4 is 4.90 Å². The summed E-state index contributed by atoms with van der Waals surface area (Å²) in [6.45, 7) is 3.20. The fourth-order valence-electron chi connectivity index (χ4n) is 1.80. The minimum atomic E-state index is 0.214. The lowest BCUT2D eigenvalue weighted by molar-refractivity contribution is 0.726. The predicted octanol–water partition coefficient (Wildman–Crippen LogP) is 2.77. The van der Waals surface area contributed by atoms with Gasteiger partial charge in [0.05, 0.1) is 0 Å². The van der Waals surface area contributed by atoms with Crippen LogP contribution >= 0.6 is 23.2 Å². The summed E-state index contributed by atoms with van der Waals surface area (Å²) in [5.41, 5.74) is 0. The third-order valence-corrected chi connectivity index (χ3v) is 2.86. The van der Waals surface area contributed by atoms with Gasteiger partial charge >= 0.3 is 0 Å². The Bertz CT molecular complexity index is 323. The third-order valence-electron chi connectivity index (χ3n) is 2.50. The first-order chi connectivity index (χ1) is 6.66. The molecule has 1 aromatic rings. The van der Waals surface area contributed by atoms with Crippen molar-refractivity contribution in [3.05, 3.63) is 16.5 Å².